The molecule has 0 spiro atoms. The van der Waals surface area contributed by atoms with Crippen molar-refractivity contribution in [2.75, 3.05) is 5.32 Å². The van der Waals surface area contributed by atoms with Crippen molar-refractivity contribution in [1.29, 1.82) is 0 Å². The van der Waals surface area contributed by atoms with E-state index in [4.69, 9.17) is 34.8 Å². The summed E-state index contributed by atoms with van der Waals surface area (Å²) < 4.78 is 0. The number of carboxylic acids is 1. The zero-order valence-corrected chi connectivity index (χ0v) is 15.4. The third kappa shape index (κ3) is 4.78. The number of carbonyl (C=O) groups excluding carboxylic acids is 1. The monoisotopic (exact) mass is 351 g/mol. The maximum atomic E-state index is 10.8. The summed E-state index contributed by atoms with van der Waals surface area (Å²) in [6.07, 6.45) is -0.302. The number of aliphatic carboxylic acids is 1. The van der Waals surface area contributed by atoms with Crippen LogP contribution in [0.5, 0.6) is 0 Å². The molecule has 2 aromatic carbocycles. The first-order valence-corrected chi connectivity index (χ1v) is 6.80. The summed E-state index contributed by atoms with van der Waals surface area (Å²) in [6.45, 7) is 0. The van der Waals surface area contributed by atoms with Gasteiger partial charge in [0.15, 0.2) is 0 Å². The summed E-state index contributed by atoms with van der Waals surface area (Å²) >= 11 is 18.2. The summed E-state index contributed by atoms with van der Waals surface area (Å²) in [5.74, 6) is -1.22. The molecular formula is C14H9Cl3NNaO2. The van der Waals surface area contributed by atoms with Gasteiger partial charge < -0.3 is 15.2 Å². The Balaban J connectivity index is 0.00000220. The molecule has 21 heavy (non-hydrogen) atoms. The molecule has 0 fully saturated rings. The van der Waals surface area contributed by atoms with Gasteiger partial charge >= 0.3 is 29.6 Å². The Hall–Kier alpha value is -0.420. The van der Waals surface area contributed by atoms with E-state index in [0.29, 0.717) is 32.0 Å². The molecule has 0 aliphatic heterocycles. The van der Waals surface area contributed by atoms with Crippen LogP contribution in [0.4, 0.5) is 11.4 Å². The van der Waals surface area contributed by atoms with Gasteiger partial charge in [0.2, 0.25) is 0 Å². The van der Waals surface area contributed by atoms with Gasteiger partial charge in [0.05, 0.1) is 15.7 Å². The molecule has 2 aromatic rings. The number of carboxylic acid groups (broad SMARTS) is 1. The SMILES string of the molecule is O=C([O-])Cc1c(Cl)cccc1Nc1c(Cl)cccc1Cl.[Na+]. The second-order valence-corrected chi connectivity index (χ2v) is 5.26. The average Bonchev–Trinajstić information content (AvgIpc) is 2.37. The number of para-hydroxylation sites is 1. The van der Waals surface area contributed by atoms with Gasteiger partial charge in [-0.1, -0.05) is 46.9 Å². The van der Waals surface area contributed by atoms with Gasteiger partial charge in [0.25, 0.3) is 0 Å². The summed E-state index contributed by atoms with van der Waals surface area (Å²) in [5, 5.41) is 15.0. The van der Waals surface area contributed by atoms with Gasteiger partial charge in [-0.15, -0.1) is 0 Å². The van der Waals surface area contributed by atoms with E-state index in [9.17, 15) is 9.90 Å². The Bertz CT molecular complexity index is 644. The Morgan fingerprint density at radius 3 is 2.10 bits per heavy atom. The van der Waals surface area contributed by atoms with Crippen LogP contribution in [0.2, 0.25) is 15.1 Å². The predicted molar refractivity (Wildman–Crippen MR) is 79.9 cm³/mol. The van der Waals surface area contributed by atoms with Crippen LogP contribution >= 0.6 is 34.8 Å². The number of hydrogen-bond acceptors (Lipinski definition) is 3. The molecule has 0 bridgehead atoms. The van der Waals surface area contributed by atoms with E-state index in [0.717, 1.165) is 0 Å². The third-order valence-corrected chi connectivity index (χ3v) is 3.65. The average molecular weight is 353 g/mol. The molecule has 0 saturated heterocycles. The number of anilines is 2. The summed E-state index contributed by atoms with van der Waals surface area (Å²) in [4.78, 5) is 10.8. The van der Waals surface area contributed by atoms with E-state index in [1.54, 1.807) is 36.4 Å². The van der Waals surface area contributed by atoms with Crippen LogP contribution in [-0.4, -0.2) is 5.97 Å². The summed E-state index contributed by atoms with van der Waals surface area (Å²) in [5.41, 5.74) is 1.44. The maximum Gasteiger partial charge on any atom is 1.00 e. The molecule has 1 N–H and O–H groups in total. The van der Waals surface area contributed by atoms with Crippen molar-refractivity contribution in [1.82, 2.24) is 0 Å². The van der Waals surface area contributed by atoms with Crippen molar-refractivity contribution in [2.45, 2.75) is 6.42 Å². The first-order valence-electron chi connectivity index (χ1n) is 5.67. The van der Waals surface area contributed by atoms with Crippen molar-refractivity contribution >= 4 is 52.1 Å². The quantitative estimate of drug-likeness (QED) is 0.824. The van der Waals surface area contributed by atoms with Crippen LogP contribution in [0.1, 0.15) is 5.56 Å². The van der Waals surface area contributed by atoms with Crippen molar-refractivity contribution in [3.63, 3.8) is 0 Å². The number of hydrogen-bond donors (Lipinski definition) is 1. The molecule has 0 atom stereocenters. The molecule has 0 saturated carbocycles. The zero-order chi connectivity index (χ0) is 14.7. The Kier molecular flexibility index (Phi) is 7.34. The molecule has 2 rings (SSSR count). The van der Waals surface area contributed by atoms with E-state index >= 15 is 0 Å². The molecule has 0 aromatic heterocycles. The Morgan fingerprint density at radius 2 is 1.52 bits per heavy atom. The molecule has 0 radical (unpaired) electrons. The molecule has 7 heteroatoms. The number of benzene rings is 2. The van der Waals surface area contributed by atoms with Gasteiger partial charge in [-0.3, -0.25) is 0 Å². The second-order valence-electron chi connectivity index (χ2n) is 4.04. The third-order valence-electron chi connectivity index (χ3n) is 2.66. The van der Waals surface area contributed by atoms with Crippen LogP contribution in [0.25, 0.3) is 0 Å². The van der Waals surface area contributed by atoms with Crippen LogP contribution in [0.3, 0.4) is 0 Å². The van der Waals surface area contributed by atoms with Crippen LogP contribution in [0, 0.1) is 0 Å². The fraction of sp³-hybridized carbons (Fsp3) is 0.0714. The van der Waals surface area contributed by atoms with Crippen LogP contribution in [-0.2, 0) is 11.2 Å². The zero-order valence-electron chi connectivity index (χ0n) is 11.1. The minimum atomic E-state index is -1.22. The minimum absolute atomic E-state index is 0. The van der Waals surface area contributed by atoms with Gasteiger partial charge in [-0.25, -0.2) is 0 Å². The minimum Gasteiger partial charge on any atom is -0.550 e. The van der Waals surface area contributed by atoms with Crippen molar-refractivity contribution in [2.24, 2.45) is 0 Å². The van der Waals surface area contributed by atoms with Crippen molar-refractivity contribution in [3.05, 3.63) is 57.0 Å². The summed E-state index contributed by atoms with van der Waals surface area (Å²) in [7, 11) is 0. The number of halogens is 3. The fourth-order valence-corrected chi connectivity index (χ4v) is 2.48. The van der Waals surface area contributed by atoms with Crippen LogP contribution in [0.15, 0.2) is 36.4 Å². The Morgan fingerprint density at radius 1 is 1.00 bits per heavy atom. The van der Waals surface area contributed by atoms with E-state index in [1.165, 1.54) is 0 Å². The van der Waals surface area contributed by atoms with E-state index < -0.39 is 5.97 Å². The molecule has 0 amide bonds. The van der Waals surface area contributed by atoms with Gasteiger partial charge in [-0.05, 0) is 29.8 Å². The molecule has 3 nitrogen and oxygen atoms in total. The second kappa shape index (κ2) is 8.28. The molecule has 0 heterocycles. The molecule has 0 aliphatic rings. The number of rotatable bonds is 4. The van der Waals surface area contributed by atoms with Crippen molar-refractivity contribution in [3.8, 4) is 0 Å². The van der Waals surface area contributed by atoms with Gasteiger partial charge in [-0.2, -0.15) is 0 Å². The van der Waals surface area contributed by atoms with Gasteiger partial charge in [0, 0.05) is 23.1 Å². The summed E-state index contributed by atoms with van der Waals surface area (Å²) in [6, 6.07) is 10.1. The molecule has 0 aliphatic carbocycles. The standard InChI is InChI=1S/C14H10Cl3NO2.Na/c15-9-3-2-6-12(8(9)7-13(19)20)18-14-10(16)4-1-5-11(14)17;/h1-6,18H,7H2,(H,19,20);/q;+1/p-1. The van der Waals surface area contributed by atoms with E-state index in [-0.39, 0.29) is 36.0 Å². The number of nitrogens with one attached hydrogen (secondary N) is 1. The fourth-order valence-electron chi connectivity index (χ4n) is 1.75. The van der Waals surface area contributed by atoms with Gasteiger partial charge in [0.1, 0.15) is 0 Å². The molecular weight excluding hydrogens is 344 g/mol. The van der Waals surface area contributed by atoms with E-state index in [2.05, 4.69) is 5.32 Å². The van der Waals surface area contributed by atoms with Crippen LogP contribution < -0.4 is 40.0 Å². The maximum absolute atomic E-state index is 10.8. The first kappa shape index (κ1) is 18.6. The largest absolute Gasteiger partial charge is 1.00 e. The smallest absolute Gasteiger partial charge is 0.550 e. The number of carbonyl (C=O) groups is 1. The van der Waals surface area contributed by atoms with Crippen molar-refractivity contribution < 1.29 is 39.5 Å². The Labute approximate surface area is 159 Å². The predicted octanol–water partition coefficient (Wildman–Crippen LogP) is 0.687. The van der Waals surface area contributed by atoms with E-state index in [1.807, 2.05) is 0 Å². The molecule has 0 unspecified atom stereocenters. The molecule has 104 valence electrons. The normalized spacial score (nSPS) is 9.86. The topological polar surface area (TPSA) is 52.2 Å². The first-order chi connectivity index (χ1) is 9.49.